The normalized spacial score (nSPS) is 11.5. The van der Waals surface area contributed by atoms with E-state index >= 15 is 0 Å². The van der Waals surface area contributed by atoms with Gasteiger partial charge in [0.2, 0.25) is 0 Å². The van der Waals surface area contributed by atoms with E-state index < -0.39 is 0 Å². The van der Waals surface area contributed by atoms with Crippen molar-refractivity contribution in [2.24, 2.45) is 0 Å². The molecule has 0 saturated carbocycles. The largest absolute Gasteiger partial charge is 0.303 e. The number of aldehydes is 1. The molecule has 0 aliphatic rings. The number of carbonyl (C=O) groups excluding carboxylic acids is 1. The molecule has 0 spiro atoms. The molecule has 0 aromatic carbocycles. The second-order valence-electron chi connectivity index (χ2n) is 3.82. The smallest absolute Gasteiger partial charge is 0.123 e. The Morgan fingerprint density at radius 2 is 1.53 bits per heavy atom. The van der Waals surface area contributed by atoms with Crippen molar-refractivity contribution < 1.29 is 4.79 Å². The Morgan fingerprint density at radius 1 is 0.867 bits per heavy atom. The fraction of sp³-hybridized carbons (Fsp3) is 0.643. The van der Waals surface area contributed by atoms with Crippen LogP contribution in [0.2, 0.25) is 0 Å². The summed E-state index contributed by atoms with van der Waals surface area (Å²) < 4.78 is 0. The second kappa shape index (κ2) is 13.2. The third kappa shape index (κ3) is 13.2. The summed E-state index contributed by atoms with van der Waals surface area (Å²) in [6.07, 6.45) is 18.8. The third-order valence-corrected chi connectivity index (χ3v) is 2.34. The van der Waals surface area contributed by atoms with Crippen LogP contribution in [-0.4, -0.2) is 6.29 Å². The highest BCUT2D eigenvalue weighted by atomic mass is 16.1. The Kier molecular flexibility index (Phi) is 12.4. The van der Waals surface area contributed by atoms with Gasteiger partial charge >= 0.3 is 0 Å². The van der Waals surface area contributed by atoms with Gasteiger partial charge in [0.05, 0.1) is 0 Å². The van der Waals surface area contributed by atoms with Crippen LogP contribution in [0.25, 0.3) is 0 Å². The zero-order valence-electron chi connectivity index (χ0n) is 9.95. The van der Waals surface area contributed by atoms with Crippen molar-refractivity contribution in [3.8, 4) is 0 Å². The molecule has 0 aromatic heterocycles. The molecule has 0 fully saturated rings. The van der Waals surface area contributed by atoms with Gasteiger partial charge in [-0.2, -0.15) is 0 Å². The van der Waals surface area contributed by atoms with Crippen LogP contribution in [0.4, 0.5) is 0 Å². The standard InChI is InChI=1S/C14H24O/c1-2-3-4-5-6-7-8-9-10-11-12-13-14-15/h9-12,14H,2-8,13H2,1H3. The van der Waals surface area contributed by atoms with Crippen LogP contribution >= 0.6 is 0 Å². The third-order valence-electron chi connectivity index (χ3n) is 2.34. The number of unbranched alkanes of at least 4 members (excludes halogenated alkanes) is 6. The average Bonchev–Trinajstić information content (AvgIpc) is 2.26. The van der Waals surface area contributed by atoms with Gasteiger partial charge in [-0.15, -0.1) is 0 Å². The minimum Gasteiger partial charge on any atom is -0.303 e. The maximum atomic E-state index is 9.99. The maximum absolute atomic E-state index is 9.99. The highest BCUT2D eigenvalue weighted by molar-refractivity contribution is 5.52. The van der Waals surface area contributed by atoms with E-state index in [0.717, 1.165) is 12.7 Å². The van der Waals surface area contributed by atoms with Crippen LogP contribution in [0.5, 0.6) is 0 Å². The molecule has 0 saturated heterocycles. The van der Waals surface area contributed by atoms with Crippen LogP contribution in [0.3, 0.4) is 0 Å². The van der Waals surface area contributed by atoms with Crippen LogP contribution < -0.4 is 0 Å². The molecule has 0 aromatic rings. The van der Waals surface area contributed by atoms with E-state index in [2.05, 4.69) is 13.0 Å². The van der Waals surface area contributed by atoms with Crippen LogP contribution in [0, 0.1) is 0 Å². The van der Waals surface area contributed by atoms with Crippen molar-refractivity contribution in [2.45, 2.75) is 58.3 Å². The van der Waals surface area contributed by atoms with Crippen molar-refractivity contribution in [2.75, 3.05) is 0 Å². The molecule has 0 radical (unpaired) electrons. The second-order valence-corrected chi connectivity index (χ2v) is 3.82. The molecule has 15 heavy (non-hydrogen) atoms. The molecular weight excluding hydrogens is 184 g/mol. The summed E-state index contributed by atoms with van der Waals surface area (Å²) in [4.78, 5) is 9.99. The number of rotatable bonds is 10. The molecule has 0 bridgehead atoms. The molecule has 0 heterocycles. The summed E-state index contributed by atoms with van der Waals surface area (Å²) in [6.45, 7) is 2.24. The van der Waals surface area contributed by atoms with Crippen LogP contribution in [0.1, 0.15) is 58.3 Å². The quantitative estimate of drug-likeness (QED) is 0.295. The zero-order valence-corrected chi connectivity index (χ0v) is 9.95. The topological polar surface area (TPSA) is 17.1 Å². The summed E-state index contributed by atoms with van der Waals surface area (Å²) in [5.41, 5.74) is 0. The van der Waals surface area contributed by atoms with Gasteiger partial charge in [-0.1, -0.05) is 63.3 Å². The van der Waals surface area contributed by atoms with Gasteiger partial charge in [0.15, 0.2) is 0 Å². The monoisotopic (exact) mass is 208 g/mol. The van der Waals surface area contributed by atoms with Crippen LogP contribution in [-0.2, 0) is 4.79 Å². The molecule has 1 nitrogen and oxygen atoms in total. The Morgan fingerprint density at radius 3 is 2.27 bits per heavy atom. The lowest BCUT2D eigenvalue weighted by Crippen LogP contribution is -1.77. The van der Waals surface area contributed by atoms with Crippen molar-refractivity contribution in [3.63, 3.8) is 0 Å². The van der Waals surface area contributed by atoms with Gasteiger partial charge in [-0.25, -0.2) is 0 Å². The Balaban J connectivity index is 3.12. The molecule has 0 atom stereocenters. The van der Waals surface area contributed by atoms with Crippen molar-refractivity contribution >= 4 is 6.29 Å². The van der Waals surface area contributed by atoms with Crippen molar-refractivity contribution in [1.29, 1.82) is 0 Å². The molecule has 0 unspecified atom stereocenters. The van der Waals surface area contributed by atoms with E-state index in [4.69, 9.17) is 0 Å². The Hall–Kier alpha value is -0.850. The molecule has 0 N–H and O–H groups in total. The molecular formula is C14H24O. The molecule has 86 valence electrons. The summed E-state index contributed by atoms with van der Waals surface area (Å²) in [5.74, 6) is 0. The molecule has 0 rings (SSSR count). The molecule has 0 aliphatic carbocycles. The SMILES string of the molecule is CCCCCCCCC=CC=CCC=O. The van der Waals surface area contributed by atoms with E-state index in [1.54, 1.807) is 0 Å². The minimum atomic E-state index is 0.529. The lowest BCUT2D eigenvalue weighted by Gasteiger charge is -1.97. The fourth-order valence-corrected chi connectivity index (χ4v) is 1.43. The maximum Gasteiger partial charge on any atom is 0.123 e. The van der Waals surface area contributed by atoms with Crippen molar-refractivity contribution in [3.05, 3.63) is 24.3 Å². The first-order valence-corrected chi connectivity index (χ1v) is 6.17. The van der Waals surface area contributed by atoms with E-state index in [-0.39, 0.29) is 0 Å². The first kappa shape index (κ1) is 14.2. The van der Waals surface area contributed by atoms with Crippen LogP contribution in [0.15, 0.2) is 24.3 Å². The number of hydrogen-bond donors (Lipinski definition) is 0. The Bertz CT molecular complexity index is 180. The Labute approximate surface area is 94.3 Å². The molecule has 0 aliphatic heterocycles. The summed E-state index contributed by atoms with van der Waals surface area (Å²) >= 11 is 0. The van der Waals surface area contributed by atoms with E-state index in [1.165, 1.54) is 38.5 Å². The highest BCUT2D eigenvalue weighted by Crippen LogP contribution is 2.07. The highest BCUT2D eigenvalue weighted by Gasteiger charge is 1.87. The van der Waals surface area contributed by atoms with E-state index in [1.807, 2.05) is 18.2 Å². The van der Waals surface area contributed by atoms with Gasteiger partial charge in [0, 0.05) is 6.42 Å². The summed E-state index contributed by atoms with van der Waals surface area (Å²) in [5, 5.41) is 0. The molecule has 1 heteroatoms. The number of allylic oxidation sites excluding steroid dienone is 4. The summed E-state index contributed by atoms with van der Waals surface area (Å²) in [7, 11) is 0. The van der Waals surface area contributed by atoms with Gasteiger partial charge in [-0.3, -0.25) is 0 Å². The van der Waals surface area contributed by atoms with Crippen molar-refractivity contribution in [1.82, 2.24) is 0 Å². The molecule has 0 amide bonds. The number of hydrogen-bond acceptors (Lipinski definition) is 1. The lowest BCUT2D eigenvalue weighted by atomic mass is 10.1. The first-order valence-electron chi connectivity index (χ1n) is 6.17. The summed E-state index contributed by atoms with van der Waals surface area (Å²) in [6, 6.07) is 0. The van der Waals surface area contributed by atoms with Gasteiger partial charge in [0.1, 0.15) is 6.29 Å². The van der Waals surface area contributed by atoms with E-state index in [0.29, 0.717) is 6.42 Å². The first-order chi connectivity index (χ1) is 7.41. The van der Waals surface area contributed by atoms with Gasteiger partial charge in [-0.05, 0) is 12.8 Å². The van der Waals surface area contributed by atoms with Gasteiger partial charge in [0.25, 0.3) is 0 Å². The van der Waals surface area contributed by atoms with E-state index in [9.17, 15) is 4.79 Å². The lowest BCUT2D eigenvalue weighted by molar-refractivity contribution is -0.107. The number of carbonyl (C=O) groups is 1. The predicted octanol–water partition coefficient (Wildman–Crippen LogP) is 4.44. The predicted molar refractivity (Wildman–Crippen MR) is 67.0 cm³/mol. The fourth-order valence-electron chi connectivity index (χ4n) is 1.43. The average molecular weight is 208 g/mol. The zero-order chi connectivity index (χ0) is 11.2. The van der Waals surface area contributed by atoms with Gasteiger partial charge < -0.3 is 4.79 Å². The minimum absolute atomic E-state index is 0.529.